The number of hydrogen-bond donors (Lipinski definition) is 1. The molecular formula is C13H16ClNO. The molecule has 1 N–H and O–H groups in total. The number of benzene rings is 1. The molecule has 2 atom stereocenters. The van der Waals surface area contributed by atoms with Crippen LogP contribution in [0, 0.1) is 5.92 Å². The van der Waals surface area contributed by atoms with Crippen LogP contribution in [0.1, 0.15) is 25.3 Å². The number of rotatable bonds is 2. The van der Waals surface area contributed by atoms with Crippen molar-refractivity contribution in [2.45, 2.75) is 32.2 Å². The van der Waals surface area contributed by atoms with E-state index in [0.717, 1.165) is 24.3 Å². The number of piperidine rings is 1. The first kappa shape index (κ1) is 11.5. The molecule has 0 bridgehead atoms. The third-order valence-electron chi connectivity index (χ3n) is 3.14. The number of nitrogens with one attached hydrogen (secondary N) is 1. The van der Waals surface area contributed by atoms with Gasteiger partial charge in [0.15, 0.2) is 0 Å². The lowest BCUT2D eigenvalue weighted by Crippen LogP contribution is -2.44. The van der Waals surface area contributed by atoms with Gasteiger partial charge in [-0.15, -0.1) is 0 Å². The summed E-state index contributed by atoms with van der Waals surface area (Å²) in [5, 5.41) is 3.81. The van der Waals surface area contributed by atoms with E-state index < -0.39 is 0 Å². The molecule has 1 unspecified atom stereocenters. The Morgan fingerprint density at radius 2 is 2.00 bits per heavy atom. The van der Waals surface area contributed by atoms with Crippen LogP contribution in [0.4, 0.5) is 0 Å². The Morgan fingerprint density at radius 1 is 1.31 bits per heavy atom. The smallest absolute Gasteiger partial charge is 0.223 e. The van der Waals surface area contributed by atoms with E-state index in [1.165, 1.54) is 5.56 Å². The molecule has 1 aromatic rings. The van der Waals surface area contributed by atoms with Crippen molar-refractivity contribution in [2.75, 3.05) is 0 Å². The first-order valence-corrected chi connectivity index (χ1v) is 6.08. The molecule has 2 nitrogen and oxygen atoms in total. The molecule has 1 amide bonds. The van der Waals surface area contributed by atoms with Gasteiger partial charge < -0.3 is 5.32 Å². The molecule has 1 aliphatic rings. The van der Waals surface area contributed by atoms with E-state index in [2.05, 4.69) is 5.32 Å². The lowest BCUT2D eigenvalue weighted by molar-refractivity contribution is -0.127. The molecule has 1 saturated heterocycles. The van der Waals surface area contributed by atoms with Crippen molar-refractivity contribution in [3.05, 3.63) is 34.9 Å². The van der Waals surface area contributed by atoms with Gasteiger partial charge in [-0.25, -0.2) is 0 Å². The van der Waals surface area contributed by atoms with Crippen LogP contribution < -0.4 is 5.32 Å². The fourth-order valence-corrected chi connectivity index (χ4v) is 2.18. The van der Waals surface area contributed by atoms with E-state index in [0.29, 0.717) is 0 Å². The van der Waals surface area contributed by atoms with Crippen LogP contribution in [-0.2, 0) is 11.2 Å². The highest BCUT2D eigenvalue weighted by molar-refractivity contribution is 6.30. The predicted molar refractivity (Wildman–Crippen MR) is 65.5 cm³/mol. The zero-order valence-corrected chi connectivity index (χ0v) is 10.1. The molecule has 2 rings (SSSR count). The fourth-order valence-electron chi connectivity index (χ4n) is 2.06. The first-order valence-electron chi connectivity index (χ1n) is 5.70. The van der Waals surface area contributed by atoms with Gasteiger partial charge in [0, 0.05) is 17.0 Å². The second-order valence-electron chi connectivity index (χ2n) is 4.51. The Kier molecular flexibility index (Phi) is 3.49. The Labute approximate surface area is 101 Å². The van der Waals surface area contributed by atoms with E-state index in [-0.39, 0.29) is 17.9 Å². The average Bonchev–Trinajstić information content (AvgIpc) is 2.27. The van der Waals surface area contributed by atoms with Gasteiger partial charge in [-0.1, -0.05) is 30.7 Å². The van der Waals surface area contributed by atoms with Crippen molar-refractivity contribution in [1.29, 1.82) is 0 Å². The van der Waals surface area contributed by atoms with Gasteiger partial charge in [-0.3, -0.25) is 4.79 Å². The minimum absolute atomic E-state index is 0.168. The summed E-state index contributed by atoms with van der Waals surface area (Å²) in [4.78, 5) is 11.5. The predicted octanol–water partition coefficient (Wildman–Crippen LogP) is 2.80. The van der Waals surface area contributed by atoms with Gasteiger partial charge in [-0.2, -0.15) is 0 Å². The van der Waals surface area contributed by atoms with Crippen molar-refractivity contribution >= 4 is 17.5 Å². The normalized spacial score (nSPS) is 25.2. The van der Waals surface area contributed by atoms with Crippen LogP contribution in [-0.4, -0.2) is 11.9 Å². The maximum absolute atomic E-state index is 11.5. The van der Waals surface area contributed by atoms with Gasteiger partial charge in [0.2, 0.25) is 5.91 Å². The summed E-state index contributed by atoms with van der Waals surface area (Å²) >= 11 is 5.83. The topological polar surface area (TPSA) is 29.1 Å². The minimum Gasteiger partial charge on any atom is -0.353 e. The number of amides is 1. The van der Waals surface area contributed by atoms with Crippen molar-refractivity contribution in [3.63, 3.8) is 0 Å². The van der Waals surface area contributed by atoms with E-state index in [1.807, 2.05) is 31.2 Å². The second-order valence-corrected chi connectivity index (χ2v) is 4.95. The summed E-state index contributed by atoms with van der Waals surface area (Å²) in [7, 11) is 0. The number of carbonyl (C=O) groups is 1. The molecule has 1 heterocycles. The standard InChI is InChI=1S/C13H16ClNO/c1-9-2-7-12(15-13(9)16)8-10-3-5-11(14)6-4-10/h3-6,9,12H,2,7-8H2,1H3,(H,15,16)/t9-,12?/m1/s1. The van der Waals surface area contributed by atoms with Crippen LogP contribution in [0.5, 0.6) is 0 Å². The molecule has 0 aliphatic carbocycles. The molecule has 0 saturated carbocycles. The maximum Gasteiger partial charge on any atom is 0.223 e. The quantitative estimate of drug-likeness (QED) is 0.842. The van der Waals surface area contributed by atoms with E-state index >= 15 is 0 Å². The SMILES string of the molecule is C[C@@H]1CCC(Cc2ccc(Cl)cc2)NC1=O. The highest BCUT2D eigenvalue weighted by atomic mass is 35.5. The van der Waals surface area contributed by atoms with Crippen LogP contribution in [0.2, 0.25) is 5.02 Å². The van der Waals surface area contributed by atoms with E-state index in [9.17, 15) is 4.79 Å². The van der Waals surface area contributed by atoms with Crippen molar-refractivity contribution < 1.29 is 4.79 Å². The maximum atomic E-state index is 11.5. The van der Waals surface area contributed by atoms with Crippen LogP contribution in [0.15, 0.2) is 24.3 Å². The molecular weight excluding hydrogens is 222 g/mol. The largest absolute Gasteiger partial charge is 0.353 e. The molecule has 86 valence electrons. The summed E-state index contributed by atoms with van der Waals surface area (Å²) in [6, 6.07) is 8.11. The molecule has 1 aliphatic heterocycles. The zero-order chi connectivity index (χ0) is 11.5. The van der Waals surface area contributed by atoms with Crippen LogP contribution in [0.3, 0.4) is 0 Å². The van der Waals surface area contributed by atoms with Crippen LogP contribution >= 0.6 is 11.6 Å². The molecule has 0 spiro atoms. The lowest BCUT2D eigenvalue weighted by Gasteiger charge is -2.27. The summed E-state index contributed by atoms with van der Waals surface area (Å²) in [5.74, 6) is 0.353. The van der Waals surface area contributed by atoms with Gasteiger partial charge in [0.25, 0.3) is 0 Å². The highest BCUT2D eigenvalue weighted by Crippen LogP contribution is 2.18. The Bertz CT molecular complexity index is 374. The number of hydrogen-bond acceptors (Lipinski definition) is 1. The summed E-state index contributed by atoms with van der Waals surface area (Å²) in [5.41, 5.74) is 1.23. The highest BCUT2D eigenvalue weighted by Gasteiger charge is 2.24. The van der Waals surface area contributed by atoms with Gasteiger partial charge in [0.05, 0.1) is 0 Å². The molecule has 0 radical (unpaired) electrons. The summed E-state index contributed by atoms with van der Waals surface area (Å²) < 4.78 is 0. The van der Waals surface area contributed by atoms with Gasteiger partial charge in [-0.05, 0) is 37.0 Å². The van der Waals surface area contributed by atoms with E-state index in [1.54, 1.807) is 0 Å². The summed E-state index contributed by atoms with van der Waals surface area (Å²) in [6.45, 7) is 1.98. The molecule has 3 heteroatoms. The van der Waals surface area contributed by atoms with Crippen molar-refractivity contribution in [2.24, 2.45) is 5.92 Å². The first-order chi connectivity index (χ1) is 7.65. The Hall–Kier alpha value is -1.02. The number of carbonyl (C=O) groups excluding carboxylic acids is 1. The molecule has 0 aromatic heterocycles. The minimum atomic E-state index is 0.168. The lowest BCUT2D eigenvalue weighted by atomic mass is 9.92. The fraction of sp³-hybridized carbons (Fsp3) is 0.462. The molecule has 1 fully saturated rings. The Balaban J connectivity index is 1.95. The van der Waals surface area contributed by atoms with Crippen molar-refractivity contribution in [3.8, 4) is 0 Å². The molecule has 16 heavy (non-hydrogen) atoms. The van der Waals surface area contributed by atoms with Crippen molar-refractivity contribution in [1.82, 2.24) is 5.32 Å². The third kappa shape index (κ3) is 2.76. The Morgan fingerprint density at radius 3 is 2.62 bits per heavy atom. The average molecular weight is 238 g/mol. The summed E-state index contributed by atoms with van der Waals surface area (Å²) in [6.07, 6.45) is 2.95. The monoisotopic (exact) mass is 237 g/mol. The second kappa shape index (κ2) is 4.88. The number of halogens is 1. The third-order valence-corrected chi connectivity index (χ3v) is 3.39. The van der Waals surface area contributed by atoms with E-state index in [4.69, 9.17) is 11.6 Å². The molecule has 1 aromatic carbocycles. The van der Waals surface area contributed by atoms with Gasteiger partial charge >= 0.3 is 0 Å². The van der Waals surface area contributed by atoms with Gasteiger partial charge in [0.1, 0.15) is 0 Å². The van der Waals surface area contributed by atoms with Crippen LogP contribution in [0.25, 0.3) is 0 Å². The zero-order valence-electron chi connectivity index (χ0n) is 9.37.